The molecule has 1 aromatic carbocycles. The number of nitrogens with zero attached hydrogens (tertiary/aromatic N) is 1. The van der Waals surface area contributed by atoms with Crippen molar-refractivity contribution in [2.75, 3.05) is 6.54 Å². The molecule has 1 heterocycles. The second-order valence-electron chi connectivity index (χ2n) is 5.82. The first-order chi connectivity index (χ1) is 11.3. The van der Waals surface area contributed by atoms with E-state index in [2.05, 4.69) is 5.32 Å². The molecule has 2 aromatic rings. The Labute approximate surface area is 146 Å². The SMILES string of the molecule is Cc1cc(C(=O)NCC(=O)OC(C)C)c(C)n1-c1cccc(Cl)c1. The molecule has 1 aromatic heterocycles. The van der Waals surface area contributed by atoms with Gasteiger partial charge in [0.25, 0.3) is 5.91 Å². The van der Waals surface area contributed by atoms with Crippen LogP contribution in [0.25, 0.3) is 5.69 Å². The maximum absolute atomic E-state index is 12.4. The fraction of sp³-hybridized carbons (Fsp3) is 0.333. The first-order valence-corrected chi connectivity index (χ1v) is 8.10. The average molecular weight is 349 g/mol. The molecule has 1 N–H and O–H groups in total. The van der Waals surface area contributed by atoms with Crippen molar-refractivity contribution in [3.05, 3.63) is 52.3 Å². The molecule has 0 spiro atoms. The number of esters is 1. The van der Waals surface area contributed by atoms with E-state index in [9.17, 15) is 9.59 Å². The summed E-state index contributed by atoms with van der Waals surface area (Å²) in [5, 5.41) is 3.22. The molecule has 0 fully saturated rings. The number of hydrogen-bond acceptors (Lipinski definition) is 3. The van der Waals surface area contributed by atoms with Gasteiger partial charge in [-0.15, -0.1) is 0 Å². The lowest BCUT2D eigenvalue weighted by Crippen LogP contribution is -2.31. The number of hydrogen-bond donors (Lipinski definition) is 1. The van der Waals surface area contributed by atoms with Gasteiger partial charge in [-0.1, -0.05) is 17.7 Å². The van der Waals surface area contributed by atoms with E-state index in [1.165, 1.54) is 0 Å². The van der Waals surface area contributed by atoms with E-state index in [1.807, 2.05) is 36.6 Å². The van der Waals surface area contributed by atoms with E-state index in [4.69, 9.17) is 16.3 Å². The van der Waals surface area contributed by atoms with Crippen LogP contribution in [0.4, 0.5) is 0 Å². The van der Waals surface area contributed by atoms with Crippen LogP contribution in [0.2, 0.25) is 5.02 Å². The lowest BCUT2D eigenvalue weighted by Gasteiger charge is -2.11. The molecule has 0 radical (unpaired) electrons. The molecular weight excluding hydrogens is 328 g/mol. The number of rotatable bonds is 5. The Hall–Kier alpha value is -2.27. The van der Waals surface area contributed by atoms with Crippen molar-refractivity contribution in [3.8, 4) is 5.69 Å². The Morgan fingerprint density at radius 2 is 1.96 bits per heavy atom. The van der Waals surface area contributed by atoms with Crippen LogP contribution in [0.5, 0.6) is 0 Å². The summed E-state index contributed by atoms with van der Waals surface area (Å²) >= 11 is 6.05. The molecule has 0 aliphatic rings. The van der Waals surface area contributed by atoms with Crippen LogP contribution in [0.3, 0.4) is 0 Å². The smallest absolute Gasteiger partial charge is 0.325 e. The fourth-order valence-corrected chi connectivity index (χ4v) is 2.74. The highest BCUT2D eigenvalue weighted by Crippen LogP contribution is 2.22. The summed E-state index contributed by atoms with van der Waals surface area (Å²) in [5.41, 5.74) is 3.09. The molecule has 1 amide bonds. The van der Waals surface area contributed by atoms with Crippen molar-refractivity contribution in [3.63, 3.8) is 0 Å². The highest BCUT2D eigenvalue weighted by Gasteiger charge is 2.18. The number of amides is 1. The van der Waals surface area contributed by atoms with Gasteiger partial charge in [-0.05, 0) is 52.0 Å². The molecule has 0 bridgehead atoms. The summed E-state index contributed by atoms with van der Waals surface area (Å²) in [7, 11) is 0. The number of nitrogens with one attached hydrogen (secondary N) is 1. The average Bonchev–Trinajstić information content (AvgIpc) is 2.79. The zero-order valence-electron chi connectivity index (χ0n) is 14.2. The quantitative estimate of drug-likeness (QED) is 0.842. The summed E-state index contributed by atoms with van der Waals surface area (Å²) in [5.74, 6) is -0.765. The van der Waals surface area contributed by atoms with Crippen LogP contribution < -0.4 is 5.32 Å². The van der Waals surface area contributed by atoms with Gasteiger partial charge in [0, 0.05) is 22.1 Å². The Morgan fingerprint density at radius 3 is 2.58 bits per heavy atom. The minimum absolute atomic E-state index is 0.155. The Bertz CT molecular complexity index is 766. The molecule has 0 aliphatic heterocycles. The first kappa shape index (κ1) is 18.1. The molecule has 24 heavy (non-hydrogen) atoms. The van der Waals surface area contributed by atoms with Crippen LogP contribution in [0.15, 0.2) is 30.3 Å². The summed E-state index contributed by atoms with van der Waals surface area (Å²) in [6.45, 7) is 7.14. The van der Waals surface area contributed by atoms with Crippen LogP contribution in [0, 0.1) is 13.8 Å². The zero-order chi connectivity index (χ0) is 17.9. The van der Waals surface area contributed by atoms with E-state index >= 15 is 0 Å². The van der Waals surface area contributed by atoms with Gasteiger partial charge in [0.15, 0.2) is 0 Å². The molecular formula is C18H21ClN2O3. The van der Waals surface area contributed by atoms with E-state index in [-0.39, 0.29) is 18.6 Å². The van der Waals surface area contributed by atoms with Crippen LogP contribution in [0.1, 0.15) is 35.6 Å². The number of ether oxygens (including phenoxy) is 1. The van der Waals surface area contributed by atoms with Gasteiger partial charge in [0.1, 0.15) is 6.54 Å². The van der Waals surface area contributed by atoms with Gasteiger partial charge in [-0.25, -0.2) is 0 Å². The molecule has 0 saturated heterocycles. The van der Waals surface area contributed by atoms with Crippen molar-refractivity contribution >= 4 is 23.5 Å². The molecule has 6 heteroatoms. The number of halogens is 1. The largest absolute Gasteiger partial charge is 0.462 e. The summed E-state index contributed by atoms with van der Waals surface area (Å²) in [6.07, 6.45) is -0.206. The normalized spacial score (nSPS) is 10.8. The third-order valence-electron chi connectivity index (χ3n) is 3.50. The van der Waals surface area contributed by atoms with Gasteiger partial charge in [0.2, 0.25) is 0 Å². The van der Waals surface area contributed by atoms with E-state index in [0.717, 1.165) is 17.1 Å². The van der Waals surface area contributed by atoms with E-state index in [1.54, 1.807) is 26.0 Å². The summed E-state index contributed by atoms with van der Waals surface area (Å²) in [4.78, 5) is 23.9. The van der Waals surface area contributed by atoms with Crippen molar-refractivity contribution in [2.24, 2.45) is 0 Å². The predicted molar refractivity (Wildman–Crippen MR) is 93.8 cm³/mol. The molecule has 5 nitrogen and oxygen atoms in total. The van der Waals surface area contributed by atoms with E-state index in [0.29, 0.717) is 10.6 Å². The summed E-state index contributed by atoms with van der Waals surface area (Å²) in [6, 6.07) is 9.21. The summed E-state index contributed by atoms with van der Waals surface area (Å²) < 4.78 is 6.96. The van der Waals surface area contributed by atoms with Crippen molar-refractivity contribution in [1.29, 1.82) is 0 Å². The third kappa shape index (κ3) is 4.17. The highest BCUT2D eigenvalue weighted by molar-refractivity contribution is 6.30. The lowest BCUT2D eigenvalue weighted by atomic mass is 10.2. The highest BCUT2D eigenvalue weighted by atomic mass is 35.5. The maximum Gasteiger partial charge on any atom is 0.325 e. The van der Waals surface area contributed by atoms with Crippen LogP contribution >= 0.6 is 11.6 Å². The van der Waals surface area contributed by atoms with Gasteiger partial charge in [-0.3, -0.25) is 9.59 Å². The number of carbonyl (C=O) groups is 2. The molecule has 2 rings (SSSR count). The second kappa shape index (κ2) is 7.53. The Balaban J connectivity index is 2.19. The zero-order valence-corrected chi connectivity index (χ0v) is 15.0. The van der Waals surface area contributed by atoms with Crippen LogP contribution in [-0.4, -0.2) is 29.1 Å². The second-order valence-corrected chi connectivity index (χ2v) is 6.26. The van der Waals surface area contributed by atoms with Crippen molar-refractivity contribution in [2.45, 2.75) is 33.8 Å². The number of benzene rings is 1. The third-order valence-corrected chi connectivity index (χ3v) is 3.74. The number of aryl methyl sites for hydroxylation is 1. The maximum atomic E-state index is 12.4. The van der Waals surface area contributed by atoms with Gasteiger partial charge >= 0.3 is 5.97 Å². The minimum Gasteiger partial charge on any atom is -0.462 e. The monoisotopic (exact) mass is 348 g/mol. The van der Waals surface area contributed by atoms with Crippen LogP contribution in [-0.2, 0) is 9.53 Å². The Kier molecular flexibility index (Phi) is 5.67. The predicted octanol–water partition coefficient (Wildman–Crippen LogP) is 3.43. The number of aromatic nitrogens is 1. The van der Waals surface area contributed by atoms with Gasteiger partial charge in [-0.2, -0.15) is 0 Å². The molecule has 0 aliphatic carbocycles. The van der Waals surface area contributed by atoms with Crippen molar-refractivity contribution < 1.29 is 14.3 Å². The standard InChI is InChI=1S/C18H21ClN2O3/c1-11(2)24-17(22)10-20-18(23)16-8-12(3)21(13(16)4)15-7-5-6-14(19)9-15/h5-9,11H,10H2,1-4H3,(H,20,23). The number of carbonyl (C=O) groups excluding carboxylic acids is 2. The van der Waals surface area contributed by atoms with E-state index < -0.39 is 5.97 Å². The molecule has 0 unspecified atom stereocenters. The molecule has 0 atom stereocenters. The Morgan fingerprint density at radius 1 is 1.25 bits per heavy atom. The molecule has 128 valence electrons. The lowest BCUT2D eigenvalue weighted by molar-refractivity contribution is -0.146. The topological polar surface area (TPSA) is 60.3 Å². The van der Waals surface area contributed by atoms with Gasteiger partial charge < -0.3 is 14.6 Å². The minimum atomic E-state index is -0.456. The van der Waals surface area contributed by atoms with Gasteiger partial charge in [0.05, 0.1) is 11.7 Å². The van der Waals surface area contributed by atoms with Crippen molar-refractivity contribution in [1.82, 2.24) is 9.88 Å². The first-order valence-electron chi connectivity index (χ1n) is 7.72. The fourth-order valence-electron chi connectivity index (χ4n) is 2.56. The molecule has 0 saturated carbocycles.